The van der Waals surface area contributed by atoms with Gasteiger partial charge in [-0.1, -0.05) is 52.3 Å². The van der Waals surface area contributed by atoms with Gasteiger partial charge < -0.3 is 36.9 Å². The Morgan fingerprint density at radius 3 is 2.13 bits per heavy atom. The molecule has 1 aromatic carbocycles. The highest BCUT2D eigenvalue weighted by atomic mass is 16.4. The molecule has 0 fully saturated rings. The van der Waals surface area contributed by atoms with Crippen LogP contribution in [0.25, 0.3) is 10.9 Å². The maximum atomic E-state index is 13.1. The van der Waals surface area contributed by atoms with E-state index in [1.807, 2.05) is 31.2 Å². The van der Waals surface area contributed by atoms with Crippen LogP contribution in [0, 0.1) is 11.8 Å². The Morgan fingerprint density at radius 2 is 1.55 bits per heavy atom. The van der Waals surface area contributed by atoms with E-state index >= 15 is 0 Å². The van der Waals surface area contributed by atoms with Crippen molar-refractivity contribution in [3.8, 4) is 0 Å². The summed E-state index contributed by atoms with van der Waals surface area (Å²) < 4.78 is 0. The molecule has 0 aliphatic rings. The van der Waals surface area contributed by atoms with Gasteiger partial charge in [0.25, 0.3) is 0 Å². The molecule has 38 heavy (non-hydrogen) atoms. The molecule has 0 spiro atoms. The third-order valence-corrected chi connectivity index (χ3v) is 6.53. The molecule has 2 rings (SSSR count). The predicted octanol–water partition coefficient (Wildman–Crippen LogP) is 0.754. The molecule has 0 aliphatic carbocycles. The van der Waals surface area contributed by atoms with E-state index in [0.29, 0.717) is 12.0 Å². The number of benzene rings is 1. The number of nitrogens with two attached hydrogens (primary N) is 1. The van der Waals surface area contributed by atoms with E-state index in [0.717, 1.165) is 10.9 Å². The molecule has 2 aromatic rings. The zero-order valence-electron chi connectivity index (χ0n) is 22.0. The summed E-state index contributed by atoms with van der Waals surface area (Å²) >= 11 is 0. The van der Waals surface area contributed by atoms with Crippen LogP contribution in [0.15, 0.2) is 30.5 Å². The maximum Gasteiger partial charge on any atom is 0.326 e. The zero-order chi connectivity index (χ0) is 28.6. The number of fused-ring (bicyclic) bond motifs is 1. The van der Waals surface area contributed by atoms with Crippen molar-refractivity contribution < 1.29 is 34.2 Å². The summed E-state index contributed by atoms with van der Waals surface area (Å²) in [6, 6.07) is 2.43. The molecule has 0 saturated heterocycles. The topological polar surface area (TPSA) is 204 Å². The van der Waals surface area contributed by atoms with Crippen LogP contribution in [0.1, 0.15) is 46.1 Å². The average Bonchev–Trinajstić information content (AvgIpc) is 3.27. The van der Waals surface area contributed by atoms with Gasteiger partial charge in [-0.05, 0) is 23.5 Å². The van der Waals surface area contributed by atoms with E-state index in [1.54, 1.807) is 27.0 Å². The van der Waals surface area contributed by atoms with Crippen LogP contribution in [0.4, 0.5) is 0 Å². The second-order valence-electron chi connectivity index (χ2n) is 9.76. The van der Waals surface area contributed by atoms with Crippen molar-refractivity contribution in [2.75, 3.05) is 0 Å². The van der Waals surface area contributed by atoms with Gasteiger partial charge in [0.1, 0.15) is 18.1 Å². The lowest BCUT2D eigenvalue weighted by Gasteiger charge is -2.27. The van der Waals surface area contributed by atoms with Crippen molar-refractivity contribution in [3.05, 3.63) is 36.0 Å². The summed E-state index contributed by atoms with van der Waals surface area (Å²) in [6.07, 6.45) is 1.55. The molecule has 1 aromatic heterocycles. The largest absolute Gasteiger partial charge is 0.481 e. The average molecular weight is 532 g/mol. The first-order valence-corrected chi connectivity index (χ1v) is 12.5. The third-order valence-electron chi connectivity index (χ3n) is 6.53. The van der Waals surface area contributed by atoms with Crippen LogP contribution in [-0.2, 0) is 30.4 Å². The minimum Gasteiger partial charge on any atom is -0.481 e. The van der Waals surface area contributed by atoms with Crippen molar-refractivity contribution in [2.45, 2.75) is 71.1 Å². The number of rotatable bonds is 14. The molecule has 0 aliphatic heterocycles. The Morgan fingerprint density at radius 1 is 0.921 bits per heavy atom. The fourth-order valence-electron chi connectivity index (χ4n) is 3.93. The number of carbonyl (C=O) groups is 5. The first-order chi connectivity index (χ1) is 17.8. The van der Waals surface area contributed by atoms with Gasteiger partial charge in [0, 0.05) is 23.5 Å². The molecule has 0 radical (unpaired) electrons. The third kappa shape index (κ3) is 8.04. The minimum absolute atomic E-state index is 0.00491. The van der Waals surface area contributed by atoms with Crippen molar-refractivity contribution in [3.63, 3.8) is 0 Å². The zero-order valence-corrected chi connectivity index (χ0v) is 22.0. The number of aliphatic carboxylic acids is 2. The van der Waals surface area contributed by atoms with E-state index in [4.69, 9.17) is 5.73 Å². The Labute approximate surface area is 220 Å². The molecule has 1 heterocycles. The van der Waals surface area contributed by atoms with Gasteiger partial charge in [0.05, 0.1) is 12.5 Å². The van der Waals surface area contributed by atoms with Gasteiger partial charge in [-0.15, -0.1) is 0 Å². The number of aromatic amines is 1. The van der Waals surface area contributed by atoms with E-state index in [-0.39, 0.29) is 12.3 Å². The molecule has 12 heteroatoms. The summed E-state index contributed by atoms with van der Waals surface area (Å²) in [5, 5.41) is 27.2. The van der Waals surface area contributed by atoms with Crippen molar-refractivity contribution in [2.24, 2.45) is 17.6 Å². The van der Waals surface area contributed by atoms with E-state index in [2.05, 4.69) is 20.9 Å². The molecule has 8 N–H and O–H groups in total. The second-order valence-corrected chi connectivity index (χ2v) is 9.76. The van der Waals surface area contributed by atoms with Gasteiger partial charge in [0.2, 0.25) is 17.7 Å². The molecule has 208 valence electrons. The highest BCUT2D eigenvalue weighted by molar-refractivity contribution is 5.96. The highest BCUT2D eigenvalue weighted by Crippen LogP contribution is 2.19. The Bertz CT molecular complexity index is 1160. The van der Waals surface area contributed by atoms with Gasteiger partial charge in [-0.3, -0.25) is 19.2 Å². The van der Waals surface area contributed by atoms with Crippen molar-refractivity contribution in [1.29, 1.82) is 0 Å². The second kappa shape index (κ2) is 13.6. The lowest BCUT2D eigenvalue weighted by molar-refractivity contribution is -0.143. The molecule has 0 bridgehead atoms. The van der Waals surface area contributed by atoms with Crippen LogP contribution in [0.5, 0.6) is 0 Å². The Balaban J connectivity index is 2.16. The Hall–Kier alpha value is -3.93. The van der Waals surface area contributed by atoms with Gasteiger partial charge in [-0.2, -0.15) is 0 Å². The van der Waals surface area contributed by atoms with Crippen LogP contribution in [-0.4, -0.2) is 69.0 Å². The number of nitrogens with one attached hydrogen (secondary N) is 4. The van der Waals surface area contributed by atoms with Crippen molar-refractivity contribution in [1.82, 2.24) is 20.9 Å². The molecule has 12 nitrogen and oxygen atoms in total. The summed E-state index contributed by atoms with van der Waals surface area (Å²) in [4.78, 5) is 65.0. The lowest BCUT2D eigenvalue weighted by Crippen LogP contribution is -2.59. The fraction of sp³-hybridized carbons (Fsp3) is 0.500. The van der Waals surface area contributed by atoms with Gasteiger partial charge >= 0.3 is 11.9 Å². The number of aromatic nitrogens is 1. The van der Waals surface area contributed by atoms with Crippen LogP contribution in [0.3, 0.4) is 0 Å². The molecule has 5 unspecified atom stereocenters. The maximum absolute atomic E-state index is 13.1. The number of carboxylic acids is 2. The highest BCUT2D eigenvalue weighted by Gasteiger charge is 2.33. The molecule has 0 saturated carbocycles. The number of carboxylic acid groups (broad SMARTS) is 2. The molecular weight excluding hydrogens is 494 g/mol. The summed E-state index contributed by atoms with van der Waals surface area (Å²) in [5.74, 6) is -5.61. The van der Waals surface area contributed by atoms with E-state index in [9.17, 15) is 34.2 Å². The number of para-hydroxylation sites is 1. The smallest absolute Gasteiger partial charge is 0.326 e. The first kappa shape index (κ1) is 30.3. The van der Waals surface area contributed by atoms with Crippen molar-refractivity contribution >= 4 is 40.6 Å². The predicted molar refractivity (Wildman–Crippen MR) is 140 cm³/mol. The molecule has 3 amide bonds. The number of carbonyl (C=O) groups excluding carboxylic acids is 3. The van der Waals surface area contributed by atoms with Crippen LogP contribution in [0.2, 0.25) is 0 Å². The normalized spacial score (nSPS) is 15.2. The fourth-order valence-corrected chi connectivity index (χ4v) is 3.93. The minimum atomic E-state index is -1.48. The monoisotopic (exact) mass is 531 g/mol. The SMILES string of the molecule is CCC(C)C(N)C(=O)NC(CC(=O)O)C(=O)NC(C(=O)NC(Cc1c[nH]c2ccccc12)C(=O)O)C(C)C. The first-order valence-electron chi connectivity index (χ1n) is 12.5. The number of H-pyrrole nitrogens is 1. The lowest BCUT2D eigenvalue weighted by atomic mass is 9.98. The summed E-state index contributed by atoms with van der Waals surface area (Å²) in [5.41, 5.74) is 7.43. The number of hydrogen-bond donors (Lipinski definition) is 7. The van der Waals surface area contributed by atoms with Crippen LogP contribution >= 0.6 is 0 Å². The Kier molecular flexibility index (Phi) is 10.8. The van der Waals surface area contributed by atoms with Gasteiger partial charge in [-0.25, -0.2) is 4.79 Å². The number of hydrogen-bond acceptors (Lipinski definition) is 6. The number of amides is 3. The standard InChI is InChI=1S/C26H37N5O7/c1-5-14(4)21(27)24(35)29-18(11-20(32)33)23(34)31-22(13(2)3)25(36)30-19(26(37)38)10-15-12-28-17-9-7-6-8-16(15)17/h6-9,12-14,18-19,21-22,28H,5,10-11,27H2,1-4H3,(H,29,35)(H,30,36)(H,31,34)(H,32,33)(H,37,38). The van der Waals surface area contributed by atoms with E-state index in [1.165, 1.54) is 0 Å². The molecular formula is C26H37N5O7. The van der Waals surface area contributed by atoms with Crippen LogP contribution < -0.4 is 21.7 Å². The summed E-state index contributed by atoms with van der Waals surface area (Å²) in [7, 11) is 0. The quantitative estimate of drug-likeness (QED) is 0.185. The van der Waals surface area contributed by atoms with Gasteiger partial charge in [0.15, 0.2) is 0 Å². The molecule has 5 atom stereocenters. The summed E-state index contributed by atoms with van der Waals surface area (Å²) in [6.45, 7) is 6.88. The van der Waals surface area contributed by atoms with E-state index < -0.39 is 66.2 Å².